The quantitative estimate of drug-likeness (QED) is 0.804. The number of urea groups is 1. The zero-order valence-electron chi connectivity index (χ0n) is 9.90. The predicted molar refractivity (Wildman–Crippen MR) is 66.5 cm³/mol. The van der Waals surface area contributed by atoms with Crippen molar-refractivity contribution in [1.82, 2.24) is 10.2 Å². The van der Waals surface area contributed by atoms with Crippen molar-refractivity contribution in [2.24, 2.45) is 0 Å². The first kappa shape index (κ1) is 11.6. The van der Waals surface area contributed by atoms with E-state index in [-0.39, 0.29) is 6.03 Å². The molecule has 5 nitrogen and oxygen atoms in total. The van der Waals surface area contributed by atoms with Gasteiger partial charge in [-0.25, -0.2) is 4.79 Å². The Morgan fingerprint density at radius 3 is 2.76 bits per heavy atom. The molecule has 0 atom stereocenters. The third kappa shape index (κ3) is 3.03. The Kier molecular flexibility index (Phi) is 3.69. The van der Waals surface area contributed by atoms with E-state index in [1.807, 2.05) is 24.3 Å². The van der Waals surface area contributed by atoms with E-state index in [4.69, 9.17) is 4.74 Å². The maximum Gasteiger partial charge on any atom is 0.317 e. The molecule has 2 rings (SSSR count). The molecule has 17 heavy (non-hydrogen) atoms. The molecular formula is C12H17N3O2. The SMILES string of the molecule is COc1ccc(NCCN2CCNC2=O)cc1. The van der Waals surface area contributed by atoms with Crippen LogP contribution in [-0.4, -0.2) is 44.2 Å². The minimum Gasteiger partial charge on any atom is -0.497 e. The monoisotopic (exact) mass is 235 g/mol. The van der Waals surface area contributed by atoms with Crippen molar-refractivity contribution in [3.05, 3.63) is 24.3 Å². The molecule has 0 saturated carbocycles. The molecule has 1 aliphatic rings. The molecule has 2 amide bonds. The van der Waals surface area contributed by atoms with E-state index in [0.717, 1.165) is 37.6 Å². The lowest BCUT2D eigenvalue weighted by atomic mass is 10.3. The number of amides is 2. The molecule has 0 radical (unpaired) electrons. The minimum absolute atomic E-state index is 0.0292. The molecule has 0 bridgehead atoms. The molecule has 1 fully saturated rings. The Hall–Kier alpha value is -1.91. The van der Waals surface area contributed by atoms with Gasteiger partial charge >= 0.3 is 6.03 Å². The fourth-order valence-corrected chi connectivity index (χ4v) is 1.77. The summed E-state index contributed by atoms with van der Waals surface area (Å²) in [5.41, 5.74) is 1.03. The van der Waals surface area contributed by atoms with Crippen LogP contribution in [0.1, 0.15) is 0 Å². The maximum absolute atomic E-state index is 11.3. The number of hydrogen-bond acceptors (Lipinski definition) is 3. The van der Waals surface area contributed by atoms with Gasteiger partial charge in [-0.1, -0.05) is 0 Å². The van der Waals surface area contributed by atoms with E-state index in [1.54, 1.807) is 12.0 Å². The number of nitrogens with zero attached hydrogens (tertiary/aromatic N) is 1. The average molecular weight is 235 g/mol. The number of anilines is 1. The molecular weight excluding hydrogens is 218 g/mol. The standard InChI is InChI=1S/C12H17N3O2/c1-17-11-4-2-10(3-5-11)13-6-8-15-9-7-14-12(15)16/h2-5,13H,6-9H2,1H3,(H,14,16). The lowest BCUT2D eigenvalue weighted by Crippen LogP contribution is -2.32. The Bertz CT molecular complexity index is 378. The molecule has 1 saturated heterocycles. The lowest BCUT2D eigenvalue weighted by molar-refractivity contribution is 0.219. The Morgan fingerprint density at radius 2 is 2.18 bits per heavy atom. The minimum atomic E-state index is 0.0292. The zero-order chi connectivity index (χ0) is 12.1. The summed E-state index contributed by atoms with van der Waals surface area (Å²) in [5.74, 6) is 0.842. The van der Waals surface area contributed by atoms with Gasteiger partial charge in [0.25, 0.3) is 0 Å². The van der Waals surface area contributed by atoms with Crippen LogP contribution >= 0.6 is 0 Å². The van der Waals surface area contributed by atoms with Crippen LogP contribution in [0.15, 0.2) is 24.3 Å². The van der Waals surface area contributed by atoms with E-state index in [0.29, 0.717) is 0 Å². The first-order valence-corrected chi connectivity index (χ1v) is 5.70. The molecule has 1 aliphatic heterocycles. The highest BCUT2D eigenvalue weighted by Crippen LogP contribution is 2.14. The van der Waals surface area contributed by atoms with Gasteiger partial charge in [0.05, 0.1) is 7.11 Å². The van der Waals surface area contributed by atoms with Gasteiger partial charge in [-0.2, -0.15) is 0 Å². The largest absolute Gasteiger partial charge is 0.497 e. The van der Waals surface area contributed by atoms with Crippen LogP contribution in [0.4, 0.5) is 10.5 Å². The van der Waals surface area contributed by atoms with Crippen molar-refractivity contribution in [3.63, 3.8) is 0 Å². The van der Waals surface area contributed by atoms with Crippen molar-refractivity contribution in [3.8, 4) is 5.75 Å². The van der Waals surface area contributed by atoms with Gasteiger partial charge in [0, 0.05) is 31.9 Å². The topological polar surface area (TPSA) is 53.6 Å². The maximum atomic E-state index is 11.3. The van der Waals surface area contributed by atoms with Crippen molar-refractivity contribution >= 4 is 11.7 Å². The number of carbonyl (C=O) groups excluding carboxylic acids is 1. The molecule has 2 N–H and O–H groups in total. The van der Waals surface area contributed by atoms with Crippen molar-refractivity contribution in [1.29, 1.82) is 0 Å². The molecule has 0 spiro atoms. The second-order valence-corrected chi connectivity index (χ2v) is 3.87. The Morgan fingerprint density at radius 1 is 1.41 bits per heavy atom. The zero-order valence-corrected chi connectivity index (χ0v) is 9.90. The van der Waals surface area contributed by atoms with Gasteiger partial charge < -0.3 is 20.3 Å². The molecule has 5 heteroatoms. The molecule has 1 heterocycles. The highest BCUT2D eigenvalue weighted by Gasteiger charge is 2.17. The van der Waals surface area contributed by atoms with Crippen molar-refractivity contribution in [2.75, 3.05) is 38.6 Å². The van der Waals surface area contributed by atoms with E-state index < -0.39 is 0 Å². The summed E-state index contributed by atoms with van der Waals surface area (Å²) >= 11 is 0. The van der Waals surface area contributed by atoms with Crippen molar-refractivity contribution in [2.45, 2.75) is 0 Å². The number of rotatable bonds is 5. The van der Waals surface area contributed by atoms with E-state index in [2.05, 4.69) is 10.6 Å². The summed E-state index contributed by atoms with van der Waals surface area (Å²) in [7, 11) is 1.65. The first-order valence-electron chi connectivity index (χ1n) is 5.70. The van der Waals surface area contributed by atoms with Gasteiger partial charge in [-0.15, -0.1) is 0 Å². The van der Waals surface area contributed by atoms with Gasteiger partial charge in [-0.3, -0.25) is 0 Å². The van der Waals surface area contributed by atoms with Crippen molar-refractivity contribution < 1.29 is 9.53 Å². The third-order valence-corrected chi connectivity index (χ3v) is 2.75. The van der Waals surface area contributed by atoms with Gasteiger partial charge in [0.1, 0.15) is 5.75 Å². The first-order chi connectivity index (χ1) is 8.29. The number of hydrogen-bond donors (Lipinski definition) is 2. The summed E-state index contributed by atoms with van der Waals surface area (Å²) in [4.78, 5) is 13.1. The molecule has 0 aliphatic carbocycles. The van der Waals surface area contributed by atoms with Crippen LogP contribution in [0.5, 0.6) is 5.75 Å². The number of benzene rings is 1. The highest BCUT2D eigenvalue weighted by molar-refractivity contribution is 5.76. The molecule has 1 aromatic rings. The summed E-state index contributed by atoms with van der Waals surface area (Å²) in [6, 6.07) is 7.77. The summed E-state index contributed by atoms with van der Waals surface area (Å²) < 4.78 is 5.08. The molecule has 0 aromatic heterocycles. The van der Waals surface area contributed by atoms with Crippen LogP contribution in [0.3, 0.4) is 0 Å². The molecule has 92 valence electrons. The van der Waals surface area contributed by atoms with E-state index in [1.165, 1.54) is 0 Å². The molecule has 1 aromatic carbocycles. The van der Waals surface area contributed by atoms with Crippen LogP contribution in [0.2, 0.25) is 0 Å². The van der Waals surface area contributed by atoms with E-state index >= 15 is 0 Å². The number of nitrogens with one attached hydrogen (secondary N) is 2. The summed E-state index contributed by atoms with van der Waals surface area (Å²) in [5, 5.41) is 6.04. The number of methoxy groups -OCH3 is 1. The fourth-order valence-electron chi connectivity index (χ4n) is 1.77. The van der Waals surface area contributed by atoms with Crippen LogP contribution in [-0.2, 0) is 0 Å². The highest BCUT2D eigenvalue weighted by atomic mass is 16.5. The van der Waals surface area contributed by atoms with Gasteiger partial charge in [-0.05, 0) is 24.3 Å². The van der Waals surface area contributed by atoms with Gasteiger partial charge in [0.2, 0.25) is 0 Å². The Labute approximate surface area is 101 Å². The average Bonchev–Trinajstić information content (AvgIpc) is 2.76. The van der Waals surface area contributed by atoms with E-state index in [9.17, 15) is 4.79 Å². The Balaban J connectivity index is 1.75. The second kappa shape index (κ2) is 5.43. The third-order valence-electron chi connectivity index (χ3n) is 2.75. The van der Waals surface area contributed by atoms with Crippen LogP contribution in [0, 0.1) is 0 Å². The summed E-state index contributed by atoms with van der Waals surface area (Å²) in [6.07, 6.45) is 0. The summed E-state index contributed by atoms with van der Waals surface area (Å²) in [6.45, 7) is 3.02. The lowest BCUT2D eigenvalue weighted by Gasteiger charge is -2.15. The second-order valence-electron chi connectivity index (χ2n) is 3.87. The van der Waals surface area contributed by atoms with Gasteiger partial charge in [0.15, 0.2) is 0 Å². The predicted octanol–water partition coefficient (Wildman–Crippen LogP) is 1.13. The molecule has 0 unspecified atom stereocenters. The number of carbonyl (C=O) groups is 1. The van der Waals surface area contributed by atoms with Crippen LogP contribution < -0.4 is 15.4 Å². The number of ether oxygens (including phenoxy) is 1. The fraction of sp³-hybridized carbons (Fsp3) is 0.417. The smallest absolute Gasteiger partial charge is 0.317 e. The normalized spacial score (nSPS) is 14.6. The van der Waals surface area contributed by atoms with Crippen LogP contribution in [0.25, 0.3) is 0 Å².